The molecule has 1 aliphatic heterocycles. The Balaban J connectivity index is 1.56. The topological polar surface area (TPSA) is 93.6 Å². The SMILES string of the molecule is CC(C)C(N)c1c(C(=O)N2CCC(O)(c3ccccc3)CC2)nn(-c2ccccc2Cl)c1Oc1ccc(Cl)cc1. The average Bonchev–Trinajstić information content (AvgIpc) is 3.33. The van der Waals surface area contributed by atoms with E-state index in [9.17, 15) is 9.90 Å². The van der Waals surface area contributed by atoms with Crippen molar-refractivity contribution in [1.82, 2.24) is 14.7 Å². The molecule has 1 aromatic heterocycles. The van der Waals surface area contributed by atoms with Gasteiger partial charge in [0.15, 0.2) is 5.69 Å². The van der Waals surface area contributed by atoms with Gasteiger partial charge in [-0.1, -0.05) is 79.5 Å². The van der Waals surface area contributed by atoms with Crippen LogP contribution >= 0.6 is 23.2 Å². The second-order valence-corrected chi connectivity index (χ2v) is 11.3. The number of piperidine rings is 1. The highest BCUT2D eigenvalue weighted by Crippen LogP contribution is 2.40. The highest BCUT2D eigenvalue weighted by atomic mass is 35.5. The number of para-hydroxylation sites is 1. The van der Waals surface area contributed by atoms with Gasteiger partial charge in [-0.05, 0) is 60.7 Å². The van der Waals surface area contributed by atoms with E-state index in [2.05, 4.69) is 0 Å². The van der Waals surface area contributed by atoms with Crippen LogP contribution < -0.4 is 10.5 Å². The monoisotopic (exact) mass is 578 g/mol. The Bertz CT molecular complexity index is 1480. The van der Waals surface area contributed by atoms with Crippen LogP contribution in [-0.2, 0) is 5.60 Å². The lowest BCUT2D eigenvalue weighted by Crippen LogP contribution is -2.45. The summed E-state index contributed by atoms with van der Waals surface area (Å²) >= 11 is 12.7. The number of rotatable bonds is 7. The highest BCUT2D eigenvalue weighted by molar-refractivity contribution is 6.32. The van der Waals surface area contributed by atoms with Gasteiger partial charge in [-0.25, -0.2) is 0 Å². The van der Waals surface area contributed by atoms with Crippen molar-refractivity contribution in [2.24, 2.45) is 11.7 Å². The van der Waals surface area contributed by atoms with Crippen LogP contribution in [0.1, 0.15) is 54.3 Å². The van der Waals surface area contributed by atoms with E-state index in [1.807, 2.05) is 62.4 Å². The van der Waals surface area contributed by atoms with E-state index < -0.39 is 11.6 Å². The van der Waals surface area contributed by atoms with Crippen molar-refractivity contribution < 1.29 is 14.6 Å². The summed E-state index contributed by atoms with van der Waals surface area (Å²) in [6.45, 7) is 4.71. The molecule has 1 aliphatic rings. The van der Waals surface area contributed by atoms with E-state index >= 15 is 0 Å². The lowest BCUT2D eigenvalue weighted by molar-refractivity contribution is -0.0213. The number of hydrogen-bond donors (Lipinski definition) is 2. The fourth-order valence-electron chi connectivity index (χ4n) is 4.97. The van der Waals surface area contributed by atoms with Gasteiger partial charge in [0.25, 0.3) is 5.91 Å². The molecular weight excluding hydrogens is 547 g/mol. The summed E-state index contributed by atoms with van der Waals surface area (Å²) in [5.74, 6) is 0.540. The van der Waals surface area contributed by atoms with Crippen molar-refractivity contribution in [3.8, 4) is 17.3 Å². The number of nitrogens with two attached hydrogens (primary N) is 1. The van der Waals surface area contributed by atoms with Crippen molar-refractivity contribution >= 4 is 29.1 Å². The maximum Gasteiger partial charge on any atom is 0.274 e. The third kappa shape index (κ3) is 5.60. The van der Waals surface area contributed by atoms with Gasteiger partial charge >= 0.3 is 0 Å². The van der Waals surface area contributed by atoms with E-state index in [1.54, 1.807) is 39.9 Å². The van der Waals surface area contributed by atoms with Crippen molar-refractivity contribution in [2.45, 2.75) is 38.3 Å². The van der Waals surface area contributed by atoms with Crippen molar-refractivity contribution in [3.63, 3.8) is 0 Å². The molecule has 1 saturated heterocycles. The van der Waals surface area contributed by atoms with Gasteiger partial charge in [-0.15, -0.1) is 0 Å². The molecule has 3 aromatic carbocycles. The molecule has 5 rings (SSSR count). The molecule has 2 heterocycles. The minimum Gasteiger partial charge on any atom is -0.439 e. The normalized spacial score (nSPS) is 15.7. The number of aromatic nitrogens is 2. The zero-order valence-electron chi connectivity index (χ0n) is 22.4. The largest absolute Gasteiger partial charge is 0.439 e. The fraction of sp³-hybridized carbons (Fsp3) is 0.290. The van der Waals surface area contributed by atoms with E-state index in [-0.39, 0.29) is 17.5 Å². The first-order valence-corrected chi connectivity index (χ1v) is 14.1. The molecule has 4 aromatic rings. The number of carbonyl (C=O) groups is 1. The number of ether oxygens (including phenoxy) is 1. The molecule has 0 spiro atoms. The first-order valence-electron chi connectivity index (χ1n) is 13.3. The Kier molecular flexibility index (Phi) is 8.19. The predicted octanol–water partition coefficient (Wildman–Crippen LogP) is 6.75. The Labute approximate surface area is 244 Å². The summed E-state index contributed by atoms with van der Waals surface area (Å²) in [5, 5.41) is 17.1. The third-order valence-electron chi connectivity index (χ3n) is 7.43. The number of aliphatic hydroxyl groups is 1. The second-order valence-electron chi connectivity index (χ2n) is 10.4. The summed E-state index contributed by atoms with van der Waals surface area (Å²) in [6.07, 6.45) is 0.821. The minimum atomic E-state index is -0.991. The third-order valence-corrected chi connectivity index (χ3v) is 8.00. The summed E-state index contributed by atoms with van der Waals surface area (Å²) in [6, 6.07) is 23.2. The lowest BCUT2D eigenvalue weighted by Gasteiger charge is -2.38. The maximum atomic E-state index is 14.1. The molecule has 0 radical (unpaired) electrons. The van der Waals surface area contributed by atoms with Gasteiger partial charge in [0.1, 0.15) is 5.75 Å². The number of amides is 1. The molecule has 1 atom stereocenters. The summed E-state index contributed by atoms with van der Waals surface area (Å²) in [4.78, 5) is 15.8. The maximum absolute atomic E-state index is 14.1. The van der Waals surface area contributed by atoms with E-state index in [0.717, 1.165) is 5.56 Å². The van der Waals surface area contributed by atoms with Crippen LogP contribution in [-0.4, -0.2) is 38.8 Å². The average molecular weight is 580 g/mol. The predicted molar refractivity (Wildman–Crippen MR) is 157 cm³/mol. The molecule has 0 saturated carbocycles. The smallest absolute Gasteiger partial charge is 0.274 e. The summed E-state index contributed by atoms with van der Waals surface area (Å²) in [5.41, 5.74) is 7.86. The van der Waals surface area contributed by atoms with Crippen LogP contribution in [0.4, 0.5) is 0 Å². The Hall–Kier alpha value is -3.36. The molecule has 0 bridgehead atoms. The van der Waals surface area contributed by atoms with Crippen molar-refractivity contribution in [1.29, 1.82) is 0 Å². The van der Waals surface area contributed by atoms with Crippen LogP contribution in [0.2, 0.25) is 10.0 Å². The van der Waals surface area contributed by atoms with E-state index in [4.69, 9.17) is 38.8 Å². The van der Waals surface area contributed by atoms with Crippen LogP contribution in [0.15, 0.2) is 78.9 Å². The molecule has 9 heteroatoms. The molecule has 7 nitrogen and oxygen atoms in total. The Morgan fingerprint density at radius 3 is 2.23 bits per heavy atom. The standard InChI is InChI=1S/C31H32Cl2N4O3/c1-20(2)27(34)26-28(29(38)36-18-16-31(39,17-19-36)21-8-4-3-5-9-21)35-37(25-11-7-6-10-24(25)33)30(26)40-23-14-12-22(32)13-15-23/h3-15,20,27,39H,16-19,34H2,1-2H3. The van der Waals surface area contributed by atoms with Gasteiger partial charge < -0.3 is 20.5 Å². The van der Waals surface area contributed by atoms with E-state index in [0.29, 0.717) is 58.9 Å². The molecule has 208 valence electrons. The van der Waals surface area contributed by atoms with Gasteiger partial charge in [-0.2, -0.15) is 9.78 Å². The van der Waals surface area contributed by atoms with E-state index in [1.165, 1.54) is 0 Å². The number of carbonyl (C=O) groups excluding carboxylic acids is 1. The molecule has 0 aliphatic carbocycles. The van der Waals surface area contributed by atoms with Gasteiger partial charge in [0, 0.05) is 24.2 Å². The van der Waals surface area contributed by atoms with Crippen LogP contribution in [0, 0.1) is 5.92 Å². The zero-order chi connectivity index (χ0) is 28.4. The van der Waals surface area contributed by atoms with Crippen molar-refractivity contribution in [2.75, 3.05) is 13.1 Å². The molecule has 40 heavy (non-hydrogen) atoms. The number of benzene rings is 3. The summed E-state index contributed by atoms with van der Waals surface area (Å²) < 4.78 is 7.93. The minimum absolute atomic E-state index is 0.0208. The quantitative estimate of drug-likeness (QED) is 0.253. The van der Waals surface area contributed by atoms with Crippen LogP contribution in [0.3, 0.4) is 0 Å². The molecule has 1 fully saturated rings. The zero-order valence-corrected chi connectivity index (χ0v) is 23.9. The number of halogens is 2. The Morgan fingerprint density at radius 1 is 0.975 bits per heavy atom. The Morgan fingerprint density at radius 2 is 1.60 bits per heavy atom. The van der Waals surface area contributed by atoms with Crippen LogP contribution in [0.25, 0.3) is 5.69 Å². The van der Waals surface area contributed by atoms with Gasteiger partial charge in [0.2, 0.25) is 5.88 Å². The van der Waals surface area contributed by atoms with Gasteiger partial charge in [-0.3, -0.25) is 4.79 Å². The summed E-state index contributed by atoms with van der Waals surface area (Å²) in [7, 11) is 0. The highest BCUT2D eigenvalue weighted by Gasteiger charge is 2.38. The number of hydrogen-bond acceptors (Lipinski definition) is 5. The lowest BCUT2D eigenvalue weighted by atomic mass is 9.84. The van der Waals surface area contributed by atoms with Crippen molar-refractivity contribution in [3.05, 3.63) is 106 Å². The first kappa shape index (κ1) is 28.2. The molecule has 1 unspecified atom stereocenters. The molecule has 3 N–H and O–H groups in total. The first-order chi connectivity index (χ1) is 19.2. The second kappa shape index (κ2) is 11.6. The number of likely N-dealkylation sites (tertiary alicyclic amines) is 1. The van der Waals surface area contributed by atoms with Gasteiger partial charge in [0.05, 0.1) is 21.9 Å². The van der Waals surface area contributed by atoms with Crippen LogP contribution in [0.5, 0.6) is 11.6 Å². The number of nitrogens with zero attached hydrogens (tertiary/aromatic N) is 3. The molecular formula is C31H32Cl2N4O3. The molecule has 1 amide bonds. The fourth-order valence-corrected chi connectivity index (χ4v) is 5.31.